The number of hydrogen-bond donors (Lipinski definition) is 0. The SMILES string of the molecule is O=S(=O)(c1nc(-c2ccc(Br)cc2)oc1-c1ccc(Cl)cc1)N1CCOCC1. The molecule has 0 bridgehead atoms. The lowest BCUT2D eigenvalue weighted by Crippen LogP contribution is -2.40. The summed E-state index contributed by atoms with van der Waals surface area (Å²) in [5.74, 6) is 0.436. The second-order valence-electron chi connectivity index (χ2n) is 6.18. The summed E-state index contributed by atoms with van der Waals surface area (Å²) in [6.07, 6.45) is 0. The van der Waals surface area contributed by atoms with Crippen molar-refractivity contribution in [2.45, 2.75) is 5.03 Å². The average molecular weight is 484 g/mol. The fraction of sp³-hybridized carbons (Fsp3) is 0.211. The Balaban J connectivity index is 1.85. The second-order valence-corrected chi connectivity index (χ2v) is 9.39. The monoisotopic (exact) mass is 482 g/mol. The first kappa shape index (κ1) is 19.6. The van der Waals surface area contributed by atoms with Crippen LogP contribution in [-0.4, -0.2) is 44.0 Å². The van der Waals surface area contributed by atoms with Gasteiger partial charge in [-0.1, -0.05) is 27.5 Å². The fourth-order valence-corrected chi connectivity index (χ4v) is 4.75. The van der Waals surface area contributed by atoms with Gasteiger partial charge in [-0.15, -0.1) is 0 Å². The molecule has 0 radical (unpaired) electrons. The van der Waals surface area contributed by atoms with Crippen LogP contribution in [0.25, 0.3) is 22.8 Å². The standard InChI is InChI=1S/C19H16BrClN2O4S/c20-15-5-1-14(2-6-15)18-22-19(28(24,25)23-9-11-26-12-10-23)17(27-18)13-3-7-16(21)8-4-13/h1-8H,9-12H2. The van der Waals surface area contributed by atoms with Gasteiger partial charge in [0.15, 0.2) is 5.76 Å². The zero-order valence-corrected chi connectivity index (χ0v) is 17.8. The highest BCUT2D eigenvalue weighted by atomic mass is 79.9. The molecule has 0 unspecified atom stereocenters. The van der Waals surface area contributed by atoms with Gasteiger partial charge >= 0.3 is 0 Å². The molecule has 0 aliphatic carbocycles. The molecule has 3 aromatic rings. The van der Waals surface area contributed by atoms with Crippen LogP contribution in [0.3, 0.4) is 0 Å². The Kier molecular flexibility index (Phi) is 5.57. The van der Waals surface area contributed by atoms with E-state index in [4.69, 9.17) is 20.8 Å². The summed E-state index contributed by atoms with van der Waals surface area (Å²) in [7, 11) is -3.84. The lowest BCUT2D eigenvalue weighted by Gasteiger charge is -2.25. The van der Waals surface area contributed by atoms with Gasteiger partial charge in [0, 0.05) is 33.7 Å². The Hall–Kier alpha value is -1.71. The van der Waals surface area contributed by atoms with Crippen LogP contribution in [0.5, 0.6) is 0 Å². The Morgan fingerprint density at radius 1 is 0.964 bits per heavy atom. The number of sulfonamides is 1. The van der Waals surface area contributed by atoms with Gasteiger partial charge in [-0.05, 0) is 48.5 Å². The summed E-state index contributed by atoms with van der Waals surface area (Å²) in [6, 6.07) is 14.1. The minimum Gasteiger partial charge on any atom is -0.435 e. The molecule has 0 spiro atoms. The third kappa shape index (κ3) is 3.88. The van der Waals surface area contributed by atoms with E-state index in [1.54, 1.807) is 24.3 Å². The molecule has 28 heavy (non-hydrogen) atoms. The molecular weight excluding hydrogens is 468 g/mol. The lowest BCUT2D eigenvalue weighted by molar-refractivity contribution is 0.0729. The Labute approximate surface area is 176 Å². The van der Waals surface area contributed by atoms with Crippen LogP contribution in [0, 0.1) is 0 Å². The van der Waals surface area contributed by atoms with Gasteiger partial charge in [0.1, 0.15) is 0 Å². The number of rotatable bonds is 4. The molecule has 2 heterocycles. The molecule has 146 valence electrons. The molecule has 0 amide bonds. The topological polar surface area (TPSA) is 72.6 Å². The number of ether oxygens (including phenoxy) is 1. The average Bonchev–Trinajstić information content (AvgIpc) is 3.16. The minimum absolute atomic E-state index is 0.102. The zero-order chi connectivity index (χ0) is 19.7. The number of halogens is 2. The fourth-order valence-electron chi connectivity index (χ4n) is 2.89. The molecule has 4 rings (SSSR count). The van der Waals surface area contributed by atoms with E-state index in [-0.39, 0.29) is 29.8 Å². The van der Waals surface area contributed by atoms with Gasteiger partial charge in [0.25, 0.3) is 10.0 Å². The van der Waals surface area contributed by atoms with Crippen LogP contribution < -0.4 is 0 Å². The molecule has 0 atom stereocenters. The highest BCUT2D eigenvalue weighted by Gasteiger charge is 2.33. The van der Waals surface area contributed by atoms with Crippen molar-refractivity contribution in [3.63, 3.8) is 0 Å². The first-order valence-corrected chi connectivity index (χ1v) is 11.2. The molecule has 1 saturated heterocycles. The van der Waals surface area contributed by atoms with Gasteiger partial charge in [0.05, 0.1) is 13.2 Å². The quantitative estimate of drug-likeness (QED) is 0.548. The van der Waals surface area contributed by atoms with E-state index in [0.29, 0.717) is 29.4 Å². The Bertz CT molecular complexity index is 1080. The van der Waals surface area contributed by atoms with E-state index in [2.05, 4.69) is 20.9 Å². The maximum Gasteiger partial charge on any atom is 0.264 e. The van der Waals surface area contributed by atoms with E-state index in [0.717, 1.165) is 4.47 Å². The summed E-state index contributed by atoms with van der Waals surface area (Å²) in [6.45, 7) is 1.27. The summed E-state index contributed by atoms with van der Waals surface area (Å²) >= 11 is 9.36. The number of oxazole rings is 1. The Morgan fingerprint density at radius 3 is 2.21 bits per heavy atom. The molecule has 0 N–H and O–H groups in total. The molecule has 1 aromatic heterocycles. The molecule has 6 nitrogen and oxygen atoms in total. The summed E-state index contributed by atoms with van der Waals surface area (Å²) in [5, 5.41) is 0.448. The number of aromatic nitrogens is 1. The number of benzene rings is 2. The first-order chi connectivity index (χ1) is 13.4. The van der Waals surface area contributed by atoms with Gasteiger partial charge in [-0.25, -0.2) is 8.42 Å². The van der Waals surface area contributed by atoms with Crippen LogP contribution in [0.15, 0.2) is 62.4 Å². The zero-order valence-electron chi connectivity index (χ0n) is 14.6. The Morgan fingerprint density at radius 2 is 1.57 bits per heavy atom. The van der Waals surface area contributed by atoms with Crippen molar-refractivity contribution in [2.75, 3.05) is 26.3 Å². The van der Waals surface area contributed by atoms with E-state index < -0.39 is 10.0 Å². The summed E-state index contributed by atoms with van der Waals surface area (Å²) in [4.78, 5) is 4.37. The normalized spacial score (nSPS) is 15.6. The van der Waals surface area contributed by atoms with Gasteiger partial charge in [-0.3, -0.25) is 0 Å². The minimum atomic E-state index is -3.84. The highest BCUT2D eigenvalue weighted by molar-refractivity contribution is 9.10. The van der Waals surface area contributed by atoms with Crippen molar-refractivity contribution in [1.29, 1.82) is 0 Å². The van der Waals surface area contributed by atoms with Gasteiger partial charge in [-0.2, -0.15) is 9.29 Å². The van der Waals surface area contributed by atoms with E-state index in [1.165, 1.54) is 4.31 Å². The molecule has 2 aromatic carbocycles. The van der Waals surface area contributed by atoms with E-state index in [9.17, 15) is 8.42 Å². The van der Waals surface area contributed by atoms with Crippen LogP contribution >= 0.6 is 27.5 Å². The highest BCUT2D eigenvalue weighted by Crippen LogP contribution is 2.35. The molecule has 9 heteroatoms. The maximum atomic E-state index is 13.3. The van der Waals surface area contributed by atoms with Crippen LogP contribution in [0.4, 0.5) is 0 Å². The third-order valence-corrected chi connectivity index (χ3v) is 6.94. The van der Waals surface area contributed by atoms with Crippen molar-refractivity contribution in [3.8, 4) is 22.8 Å². The predicted octanol–water partition coefficient (Wildman–Crippen LogP) is 4.45. The van der Waals surface area contributed by atoms with Crippen molar-refractivity contribution in [2.24, 2.45) is 0 Å². The molecule has 1 aliphatic rings. The molecule has 1 aliphatic heterocycles. The molecule has 1 fully saturated rings. The van der Waals surface area contributed by atoms with Gasteiger partial charge < -0.3 is 9.15 Å². The lowest BCUT2D eigenvalue weighted by atomic mass is 10.2. The number of nitrogens with zero attached hydrogens (tertiary/aromatic N) is 2. The number of hydrogen-bond acceptors (Lipinski definition) is 5. The van der Waals surface area contributed by atoms with Crippen LogP contribution in [-0.2, 0) is 14.8 Å². The van der Waals surface area contributed by atoms with Crippen molar-refractivity contribution >= 4 is 37.6 Å². The maximum absolute atomic E-state index is 13.3. The largest absolute Gasteiger partial charge is 0.435 e. The number of morpholine rings is 1. The van der Waals surface area contributed by atoms with Crippen LogP contribution in [0.1, 0.15) is 0 Å². The predicted molar refractivity (Wildman–Crippen MR) is 110 cm³/mol. The molecular formula is C19H16BrClN2O4S. The van der Waals surface area contributed by atoms with Crippen LogP contribution in [0.2, 0.25) is 5.02 Å². The van der Waals surface area contributed by atoms with Crippen molar-refractivity contribution in [3.05, 3.63) is 58.0 Å². The first-order valence-electron chi connectivity index (χ1n) is 8.56. The summed E-state index contributed by atoms with van der Waals surface area (Å²) in [5.41, 5.74) is 1.27. The summed E-state index contributed by atoms with van der Waals surface area (Å²) < 4.78 is 40.0. The van der Waals surface area contributed by atoms with Crippen molar-refractivity contribution in [1.82, 2.24) is 9.29 Å². The van der Waals surface area contributed by atoms with E-state index >= 15 is 0 Å². The van der Waals surface area contributed by atoms with Crippen molar-refractivity contribution < 1.29 is 17.6 Å². The van der Waals surface area contributed by atoms with E-state index in [1.807, 2.05) is 24.3 Å². The smallest absolute Gasteiger partial charge is 0.264 e. The van der Waals surface area contributed by atoms with Gasteiger partial charge in [0.2, 0.25) is 10.9 Å². The third-order valence-electron chi connectivity index (χ3n) is 4.35. The second kappa shape index (κ2) is 7.96. The molecule has 0 saturated carbocycles.